The number of benzene rings is 4. The lowest BCUT2D eigenvalue weighted by atomic mass is 9.99. The van der Waals surface area contributed by atoms with Crippen molar-refractivity contribution in [3.8, 4) is 11.3 Å². The Kier molecular flexibility index (Phi) is 3.78. The molecule has 0 spiro atoms. The standard InChI is InChI=1S/C29H25NOSi/c1-32(2,3)18-19-11-16-26(30-17-19)25-10-6-9-23-24-15-14-21-13-12-20-7-4-5-8-22(20)27(21)29(24)31-28(23)25/h4-17H,18H2,1-3H3/i18D2. The highest BCUT2D eigenvalue weighted by Crippen LogP contribution is 2.40. The Labute approximate surface area is 191 Å². The van der Waals surface area contributed by atoms with Crippen molar-refractivity contribution in [3.05, 3.63) is 90.6 Å². The third kappa shape index (κ3) is 3.12. The van der Waals surface area contributed by atoms with E-state index in [1.807, 2.05) is 43.9 Å². The zero-order valence-corrected chi connectivity index (χ0v) is 19.4. The summed E-state index contributed by atoms with van der Waals surface area (Å²) in [6, 6.07) is 27.0. The molecule has 0 aliphatic rings. The number of furan rings is 1. The maximum atomic E-state index is 8.61. The van der Waals surface area contributed by atoms with Crippen LogP contribution in [0.5, 0.6) is 0 Å². The minimum atomic E-state index is -2.06. The predicted octanol–water partition coefficient (Wildman–Crippen LogP) is 8.37. The molecule has 2 heterocycles. The second-order valence-electron chi connectivity index (χ2n) is 9.42. The van der Waals surface area contributed by atoms with E-state index in [1.165, 1.54) is 10.8 Å². The van der Waals surface area contributed by atoms with Gasteiger partial charge >= 0.3 is 0 Å². The SMILES string of the molecule is [2H]C([2H])(c1ccc(-c2cccc3c2oc2c3ccc3ccc4ccccc4c32)nc1)[Si](C)(C)C. The molecule has 0 aliphatic carbocycles. The number of para-hydroxylation sites is 1. The van der Waals surface area contributed by atoms with Gasteiger partial charge in [0, 0.05) is 38.7 Å². The van der Waals surface area contributed by atoms with Crippen molar-refractivity contribution in [3.63, 3.8) is 0 Å². The Morgan fingerprint density at radius 3 is 2.31 bits per heavy atom. The molecule has 0 fully saturated rings. The minimum absolute atomic E-state index is 0.643. The van der Waals surface area contributed by atoms with Crippen LogP contribution in [0.4, 0.5) is 0 Å². The van der Waals surface area contributed by atoms with Crippen LogP contribution >= 0.6 is 0 Å². The number of nitrogens with zero attached hydrogens (tertiary/aromatic N) is 1. The van der Waals surface area contributed by atoms with E-state index in [4.69, 9.17) is 7.16 Å². The van der Waals surface area contributed by atoms with Gasteiger partial charge in [-0.25, -0.2) is 0 Å². The molecule has 0 atom stereocenters. The van der Waals surface area contributed by atoms with Gasteiger partial charge in [-0.05, 0) is 45.9 Å². The molecule has 0 saturated heterocycles. The molecule has 0 N–H and O–H groups in total. The molecule has 2 aromatic heterocycles. The van der Waals surface area contributed by atoms with Crippen molar-refractivity contribution in [2.45, 2.75) is 25.6 Å². The van der Waals surface area contributed by atoms with Crippen molar-refractivity contribution >= 4 is 51.6 Å². The third-order valence-electron chi connectivity index (χ3n) is 5.93. The predicted molar refractivity (Wildman–Crippen MR) is 139 cm³/mol. The number of rotatable bonds is 3. The summed E-state index contributed by atoms with van der Waals surface area (Å²) in [5.41, 5.74) is 4.05. The molecule has 0 amide bonds. The monoisotopic (exact) mass is 433 g/mol. The first-order chi connectivity index (χ1) is 16.3. The Hall–Kier alpha value is -3.43. The number of aromatic nitrogens is 1. The van der Waals surface area contributed by atoms with Crippen molar-refractivity contribution in [2.24, 2.45) is 0 Å². The highest BCUT2D eigenvalue weighted by Gasteiger charge is 2.17. The molecule has 4 aromatic carbocycles. The largest absolute Gasteiger partial charge is 0.455 e. The first-order valence-electron chi connectivity index (χ1n) is 12.0. The molecule has 6 rings (SSSR count). The average molecular weight is 434 g/mol. The lowest BCUT2D eigenvalue weighted by Gasteiger charge is -2.15. The Bertz CT molecular complexity index is 1710. The van der Waals surface area contributed by atoms with Gasteiger partial charge in [-0.3, -0.25) is 4.98 Å². The summed E-state index contributed by atoms with van der Waals surface area (Å²) in [5.74, 6) is -1.34. The van der Waals surface area contributed by atoms with Gasteiger partial charge in [0.25, 0.3) is 0 Å². The van der Waals surface area contributed by atoms with E-state index in [0.717, 1.165) is 44.0 Å². The zero-order valence-electron chi connectivity index (χ0n) is 20.4. The maximum Gasteiger partial charge on any atom is 0.144 e. The number of pyridine rings is 1. The summed E-state index contributed by atoms with van der Waals surface area (Å²) in [7, 11) is -2.06. The minimum Gasteiger partial charge on any atom is -0.455 e. The second kappa shape index (κ2) is 7.04. The summed E-state index contributed by atoms with van der Waals surface area (Å²) < 4.78 is 23.8. The zero-order chi connectivity index (χ0) is 23.7. The molecule has 0 aliphatic heterocycles. The number of fused-ring (bicyclic) bond motifs is 7. The molecule has 0 bridgehead atoms. The lowest BCUT2D eigenvalue weighted by molar-refractivity contribution is 0.674. The molecule has 156 valence electrons. The Morgan fingerprint density at radius 1 is 0.750 bits per heavy atom. The van der Waals surface area contributed by atoms with E-state index in [1.54, 1.807) is 6.20 Å². The van der Waals surface area contributed by atoms with Gasteiger partial charge in [-0.2, -0.15) is 0 Å². The molecule has 2 nitrogen and oxygen atoms in total. The van der Waals surface area contributed by atoms with Gasteiger partial charge in [-0.1, -0.05) is 80.3 Å². The fourth-order valence-electron chi connectivity index (χ4n) is 4.61. The fraction of sp³-hybridized carbons (Fsp3) is 0.138. The molecular formula is C29H25NOSi. The summed E-state index contributed by atoms with van der Waals surface area (Å²) >= 11 is 0. The molecule has 3 heteroatoms. The van der Waals surface area contributed by atoms with Crippen LogP contribution in [0.15, 0.2) is 89.5 Å². The quantitative estimate of drug-likeness (QED) is 0.207. The second-order valence-corrected chi connectivity index (χ2v) is 14.2. The molecule has 0 unspecified atom stereocenters. The molecule has 0 radical (unpaired) electrons. The molecule has 32 heavy (non-hydrogen) atoms. The average Bonchev–Trinajstić information content (AvgIpc) is 3.22. The smallest absolute Gasteiger partial charge is 0.144 e. The van der Waals surface area contributed by atoms with Crippen LogP contribution in [0.2, 0.25) is 19.6 Å². The van der Waals surface area contributed by atoms with Crippen LogP contribution in [0.1, 0.15) is 8.30 Å². The van der Waals surface area contributed by atoms with E-state index < -0.39 is 14.1 Å². The Balaban J connectivity index is 1.59. The Morgan fingerprint density at radius 2 is 1.50 bits per heavy atom. The third-order valence-corrected chi connectivity index (χ3v) is 6.97. The number of hydrogen-bond acceptors (Lipinski definition) is 2. The van der Waals surface area contributed by atoms with Crippen molar-refractivity contribution < 1.29 is 7.16 Å². The van der Waals surface area contributed by atoms with Crippen LogP contribution in [-0.4, -0.2) is 13.1 Å². The summed E-state index contributed by atoms with van der Waals surface area (Å²) in [4.78, 5) is 4.68. The van der Waals surface area contributed by atoms with E-state index in [-0.39, 0.29) is 0 Å². The van der Waals surface area contributed by atoms with Gasteiger partial charge in [0.1, 0.15) is 11.2 Å². The first-order valence-corrected chi connectivity index (χ1v) is 14.5. The van der Waals surface area contributed by atoms with Gasteiger partial charge in [0.2, 0.25) is 0 Å². The number of hydrogen-bond donors (Lipinski definition) is 0. The first kappa shape index (κ1) is 17.2. The normalized spacial score (nSPS) is 13.7. The molecule has 6 aromatic rings. The van der Waals surface area contributed by atoms with E-state index in [2.05, 4.69) is 59.6 Å². The molecular weight excluding hydrogens is 406 g/mol. The van der Waals surface area contributed by atoms with Crippen LogP contribution in [-0.2, 0) is 6.00 Å². The summed E-state index contributed by atoms with van der Waals surface area (Å²) in [6.07, 6.45) is 1.69. The van der Waals surface area contributed by atoms with Crippen molar-refractivity contribution in [1.82, 2.24) is 4.98 Å². The van der Waals surface area contributed by atoms with Gasteiger partial charge in [0.05, 0.1) is 5.69 Å². The van der Waals surface area contributed by atoms with Gasteiger partial charge in [0.15, 0.2) is 0 Å². The fourth-order valence-corrected chi connectivity index (χ4v) is 5.62. The molecule has 0 saturated carbocycles. The van der Waals surface area contributed by atoms with Crippen molar-refractivity contribution in [2.75, 3.05) is 0 Å². The van der Waals surface area contributed by atoms with Crippen LogP contribution in [0.3, 0.4) is 0 Å². The van der Waals surface area contributed by atoms with Gasteiger partial charge in [-0.15, -0.1) is 0 Å². The van der Waals surface area contributed by atoms with Crippen LogP contribution in [0.25, 0.3) is 54.7 Å². The topological polar surface area (TPSA) is 26.0 Å². The highest BCUT2D eigenvalue weighted by atomic mass is 28.3. The van der Waals surface area contributed by atoms with E-state index in [0.29, 0.717) is 5.56 Å². The summed E-state index contributed by atoms with van der Waals surface area (Å²) in [5, 5.41) is 6.81. The highest BCUT2D eigenvalue weighted by molar-refractivity contribution is 6.75. The summed E-state index contributed by atoms with van der Waals surface area (Å²) in [6.45, 7) is 6.14. The van der Waals surface area contributed by atoms with Crippen LogP contribution in [0, 0.1) is 0 Å². The van der Waals surface area contributed by atoms with Crippen molar-refractivity contribution in [1.29, 1.82) is 0 Å². The van der Waals surface area contributed by atoms with E-state index >= 15 is 0 Å². The maximum absolute atomic E-state index is 8.61. The lowest BCUT2D eigenvalue weighted by Crippen LogP contribution is -2.23. The van der Waals surface area contributed by atoms with Crippen LogP contribution < -0.4 is 0 Å². The van der Waals surface area contributed by atoms with E-state index in [9.17, 15) is 0 Å². The van der Waals surface area contributed by atoms with Gasteiger partial charge < -0.3 is 4.42 Å².